The number of esters is 1. The quantitative estimate of drug-likeness (QED) is 0.646. The van der Waals surface area contributed by atoms with Crippen LogP contribution in [0.4, 0.5) is 0 Å². The molecule has 0 aliphatic rings. The molecule has 0 aromatic carbocycles. The molecule has 0 fully saturated rings. The second-order valence-corrected chi connectivity index (χ2v) is 2.42. The van der Waals surface area contributed by atoms with Crippen LogP contribution in [-0.2, 0) is 11.8 Å². The molecule has 1 aromatic rings. The molecule has 0 unspecified atom stereocenters. The summed E-state index contributed by atoms with van der Waals surface area (Å²) in [5.41, 5.74) is 0.388. The van der Waals surface area contributed by atoms with Gasteiger partial charge in [-0.2, -0.15) is 0 Å². The first-order valence-corrected chi connectivity index (χ1v) is 3.94. The lowest BCUT2D eigenvalue weighted by Gasteiger charge is -1.99. The van der Waals surface area contributed by atoms with Gasteiger partial charge in [-0.25, -0.2) is 4.79 Å². The van der Waals surface area contributed by atoms with Crippen LogP contribution in [0.5, 0.6) is 5.88 Å². The molecule has 72 valence electrons. The first kappa shape index (κ1) is 9.57. The van der Waals surface area contributed by atoms with Gasteiger partial charge in [-0.15, -0.1) is 5.10 Å². The molecule has 1 aromatic heterocycles. The number of hydrogen-bond donors (Lipinski definition) is 0. The topological polar surface area (TPSA) is 53.4 Å². The zero-order valence-corrected chi connectivity index (χ0v) is 7.90. The van der Waals surface area contributed by atoms with Crippen molar-refractivity contribution in [2.75, 3.05) is 13.7 Å². The van der Waals surface area contributed by atoms with Gasteiger partial charge in [0.2, 0.25) is 5.88 Å². The number of aromatic nitrogens is 2. The molecule has 0 aliphatic carbocycles. The summed E-state index contributed by atoms with van der Waals surface area (Å²) in [6.45, 7) is 2.11. The van der Waals surface area contributed by atoms with Crippen LogP contribution in [0, 0.1) is 0 Å². The number of aryl methyl sites for hydroxylation is 1. The van der Waals surface area contributed by atoms with Gasteiger partial charge < -0.3 is 9.47 Å². The van der Waals surface area contributed by atoms with Gasteiger partial charge in [0.25, 0.3) is 0 Å². The van der Waals surface area contributed by atoms with E-state index in [0.29, 0.717) is 18.2 Å². The second kappa shape index (κ2) is 3.93. The summed E-state index contributed by atoms with van der Waals surface area (Å²) >= 11 is 0. The van der Waals surface area contributed by atoms with Crippen molar-refractivity contribution in [3.63, 3.8) is 0 Å². The van der Waals surface area contributed by atoms with Gasteiger partial charge in [-0.05, 0) is 6.92 Å². The van der Waals surface area contributed by atoms with Gasteiger partial charge in [0.05, 0.1) is 13.7 Å². The monoisotopic (exact) mass is 184 g/mol. The van der Waals surface area contributed by atoms with Crippen LogP contribution in [0.2, 0.25) is 0 Å². The Labute approximate surface area is 76.3 Å². The van der Waals surface area contributed by atoms with E-state index in [1.807, 2.05) is 0 Å². The van der Waals surface area contributed by atoms with E-state index in [1.165, 1.54) is 17.9 Å². The summed E-state index contributed by atoms with van der Waals surface area (Å²) in [6, 6.07) is 1.54. The van der Waals surface area contributed by atoms with Crippen LogP contribution in [0.1, 0.15) is 17.4 Å². The maximum absolute atomic E-state index is 11.3. The standard InChI is InChI=1S/C8H12N2O3/c1-4-13-8(11)6-5-7(12-3)9-10(6)2/h5H,4H2,1-3H3. The molecule has 0 atom stereocenters. The van der Waals surface area contributed by atoms with E-state index in [-0.39, 0.29) is 5.97 Å². The van der Waals surface area contributed by atoms with Gasteiger partial charge in [0.15, 0.2) is 0 Å². The smallest absolute Gasteiger partial charge is 0.356 e. The van der Waals surface area contributed by atoms with Crippen molar-refractivity contribution in [2.24, 2.45) is 7.05 Å². The normalized spacial score (nSPS) is 9.77. The highest BCUT2D eigenvalue weighted by Crippen LogP contribution is 2.10. The SMILES string of the molecule is CCOC(=O)c1cc(OC)nn1C. The van der Waals surface area contributed by atoms with Crippen LogP contribution >= 0.6 is 0 Å². The summed E-state index contributed by atoms with van der Waals surface area (Å²) in [5.74, 6) is 0.0198. The number of rotatable bonds is 3. The largest absolute Gasteiger partial charge is 0.480 e. The molecule has 0 saturated heterocycles. The molecule has 1 heterocycles. The van der Waals surface area contributed by atoms with Crippen molar-refractivity contribution in [2.45, 2.75) is 6.92 Å². The number of methoxy groups -OCH3 is 1. The molecular formula is C8H12N2O3. The zero-order valence-electron chi connectivity index (χ0n) is 7.90. The van der Waals surface area contributed by atoms with Crippen LogP contribution in [-0.4, -0.2) is 29.5 Å². The minimum atomic E-state index is -0.388. The predicted octanol–water partition coefficient (Wildman–Crippen LogP) is 0.605. The number of carbonyl (C=O) groups excluding carboxylic acids is 1. The lowest BCUT2D eigenvalue weighted by molar-refractivity contribution is 0.0513. The summed E-state index contributed by atoms with van der Waals surface area (Å²) in [6.07, 6.45) is 0. The van der Waals surface area contributed by atoms with Gasteiger partial charge in [0, 0.05) is 13.1 Å². The summed E-state index contributed by atoms with van der Waals surface area (Å²) < 4.78 is 11.1. The van der Waals surface area contributed by atoms with E-state index in [2.05, 4.69) is 5.10 Å². The maximum atomic E-state index is 11.3. The maximum Gasteiger partial charge on any atom is 0.356 e. The predicted molar refractivity (Wildman–Crippen MR) is 45.7 cm³/mol. The summed E-state index contributed by atoms with van der Waals surface area (Å²) in [7, 11) is 3.16. The first-order chi connectivity index (χ1) is 6.19. The Kier molecular flexibility index (Phi) is 2.89. The lowest BCUT2D eigenvalue weighted by atomic mass is 10.4. The highest BCUT2D eigenvalue weighted by atomic mass is 16.5. The first-order valence-electron chi connectivity index (χ1n) is 3.94. The third-order valence-corrected chi connectivity index (χ3v) is 1.55. The van der Waals surface area contributed by atoms with Crippen molar-refractivity contribution < 1.29 is 14.3 Å². The Morgan fingerprint density at radius 1 is 1.69 bits per heavy atom. The average molecular weight is 184 g/mol. The minimum Gasteiger partial charge on any atom is -0.480 e. The van der Waals surface area contributed by atoms with Crippen molar-refractivity contribution in [1.82, 2.24) is 9.78 Å². The average Bonchev–Trinajstić information content (AvgIpc) is 2.47. The lowest BCUT2D eigenvalue weighted by Crippen LogP contribution is -2.10. The molecule has 13 heavy (non-hydrogen) atoms. The molecule has 5 nitrogen and oxygen atoms in total. The Hall–Kier alpha value is -1.52. The van der Waals surface area contributed by atoms with E-state index in [9.17, 15) is 4.79 Å². The number of hydrogen-bond acceptors (Lipinski definition) is 4. The molecular weight excluding hydrogens is 172 g/mol. The molecule has 0 bridgehead atoms. The van der Waals surface area contributed by atoms with Crippen molar-refractivity contribution in [3.05, 3.63) is 11.8 Å². The fraction of sp³-hybridized carbons (Fsp3) is 0.500. The zero-order chi connectivity index (χ0) is 9.84. The van der Waals surface area contributed by atoms with Gasteiger partial charge >= 0.3 is 5.97 Å². The van der Waals surface area contributed by atoms with E-state index < -0.39 is 0 Å². The molecule has 1 rings (SSSR count). The van der Waals surface area contributed by atoms with E-state index >= 15 is 0 Å². The third kappa shape index (κ3) is 1.99. The molecule has 5 heteroatoms. The van der Waals surface area contributed by atoms with E-state index in [4.69, 9.17) is 9.47 Å². The summed E-state index contributed by atoms with van der Waals surface area (Å²) in [4.78, 5) is 11.3. The minimum absolute atomic E-state index is 0.354. The highest BCUT2D eigenvalue weighted by Gasteiger charge is 2.13. The molecule has 0 spiro atoms. The molecule has 0 N–H and O–H groups in total. The second-order valence-electron chi connectivity index (χ2n) is 2.42. The Morgan fingerprint density at radius 2 is 2.38 bits per heavy atom. The number of carbonyl (C=O) groups is 1. The Morgan fingerprint density at radius 3 is 2.85 bits per heavy atom. The molecule has 0 aliphatic heterocycles. The number of ether oxygens (including phenoxy) is 2. The fourth-order valence-electron chi connectivity index (χ4n) is 0.937. The molecule has 0 saturated carbocycles. The van der Waals surface area contributed by atoms with Crippen LogP contribution in [0.25, 0.3) is 0 Å². The number of nitrogens with zero attached hydrogens (tertiary/aromatic N) is 2. The summed E-state index contributed by atoms with van der Waals surface area (Å²) in [5, 5.41) is 3.93. The van der Waals surface area contributed by atoms with Crippen LogP contribution in [0.3, 0.4) is 0 Å². The third-order valence-electron chi connectivity index (χ3n) is 1.55. The Balaban J connectivity index is 2.87. The Bertz CT molecular complexity index is 306. The fourth-order valence-corrected chi connectivity index (χ4v) is 0.937. The highest BCUT2D eigenvalue weighted by molar-refractivity contribution is 5.87. The van der Waals surface area contributed by atoms with Crippen LogP contribution < -0.4 is 4.74 Å². The van der Waals surface area contributed by atoms with Gasteiger partial charge in [0.1, 0.15) is 5.69 Å². The van der Waals surface area contributed by atoms with Crippen molar-refractivity contribution >= 4 is 5.97 Å². The van der Waals surface area contributed by atoms with Gasteiger partial charge in [-0.1, -0.05) is 0 Å². The van der Waals surface area contributed by atoms with Crippen molar-refractivity contribution in [1.29, 1.82) is 0 Å². The van der Waals surface area contributed by atoms with Crippen LogP contribution in [0.15, 0.2) is 6.07 Å². The van der Waals surface area contributed by atoms with E-state index in [1.54, 1.807) is 14.0 Å². The van der Waals surface area contributed by atoms with Gasteiger partial charge in [-0.3, -0.25) is 4.68 Å². The molecule has 0 amide bonds. The van der Waals surface area contributed by atoms with E-state index in [0.717, 1.165) is 0 Å². The van der Waals surface area contributed by atoms with Crippen molar-refractivity contribution in [3.8, 4) is 5.88 Å². The molecule has 0 radical (unpaired) electrons.